The van der Waals surface area contributed by atoms with E-state index >= 15 is 0 Å². The smallest absolute Gasteiger partial charge is 0.312 e. The van der Waals surface area contributed by atoms with Gasteiger partial charge in [-0.05, 0) is 67.5 Å². The van der Waals surface area contributed by atoms with Crippen molar-refractivity contribution >= 4 is 17.0 Å². The first-order valence-corrected chi connectivity index (χ1v) is 9.93. The van der Waals surface area contributed by atoms with Crippen LogP contribution in [0, 0.1) is 12.3 Å². The zero-order chi connectivity index (χ0) is 20.9. The number of ether oxygens (including phenoxy) is 1. The Bertz CT molecular complexity index is 1100. The second-order valence-corrected chi connectivity index (χ2v) is 8.52. The van der Waals surface area contributed by atoms with Crippen LogP contribution in [-0.2, 0) is 23.0 Å². The van der Waals surface area contributed by atoms with Crippen molar-refractivity contribution in [3.63, 3.8) is 0 Å². The average Bonchev–Trinajstić information content (AvgIpc) is 3.26. The van der Waals surface area contributed by atoms with E-state index < -0.39 is 11.5 Å². The average molecular weight is 393 g/mol. The topological polar surface area (TPSA) is 77.2 Å². The van der Waals surface area contributed by atoms with Gasteiger partial charge in [0.15, 0.2) is 0 Å². The van der Waals surface area contributed by atoms with Crippen molar-refractivity contribution in [3.8, 4) is 0 Å². The first-order chi connectivity index (χ1) is 13.8. The minimum absolute atomic E-state index is 0.251. The van der Waals surface area contributed by atoms with Crippen molar-refractivity contribution in [2.75, 3.05) is 7.11 Å². The summed E-state index contributed by atoms with van der Waals surface area (Å²) in [6.45, 7) is 5.84. The Morgan fingerprint density at radius 1 is 1.31 bits per heavy atom. The molecule has 1 aliphatic carbocycles. The van der Waals surface area contributed by atoms with Crippen molar-refractivity contribution in [1.82, 2.24) is 15.0 Å². The summed E-state index contributed by atoms with van der Waals surface area (Å²) in [5.74, 6) is -0.526. The second-order valence-electron chi connectivity index (χ2n) is 8.52. The van der Waals surface area contributed by atoms with E-state index in [1.807, 2.05) is 33.9 Å². The number of hydrogen-bond acceptors (Lipinski definition) is 5. The van der Waals surface area contributed by atoms with Crippen LogP contribution in [-0.4, -0.2) is 33.2 Å². The summed E-state index contributed by atoms with van der Waals surface area (Å²) in [6.07, 6.45) is 1.18. The maximum atomic E-state index is 12.8. The highest BCUT2D eigenvalue weighted by atomic mass is 16.5. The lowest BCUT2D eigenvalue weighted by Crippen LogP contribution is -2.34. The van der Waals surface area contributed by atoms with Crippen LogP contribution in [0.1, 0.15) is 60.1 Å². The quantitative estimate of drug-likeness (QED) is 0.686. The SMILES string of the molecule is COC(=O)C(C)(C)[C@@H](c1ccc2c(c1)C(O)CC2)c1ccc2c(nnn2C)c1C. The normalized spacial score (nSPS) is 17.4. The van der Waals surface area contributed by atoms with Crippen LogP contribution in [0.2, 0.25) is 0 Å². The Kier molecular flexibility index (Phi) is 4.69. The van der Waals surface area contributed by atoms with Crippen molar-refractivity contribution in [1.29, 1.82) is 0 Å². The van der Waals surface area contributed by atoms with E-state index in [1.54, 1.807) is 4.68 Å². The van der Waals surface area contributed by atoms with Gasteiger partial charge in [-0.15, -0.1) is 5.10 Å². The molecule has 0 bridgehead atoms. The fraction of sp³-hybridized carbons (Fsp3) is 0.435. The number of aryl methyl sites for hydroxylation is 3. The molecule has 4 rings (SSSR count). The van der Waals surface area contributed by atoms with Gasteiger partial charge in [0.05, 0.1) is 24.1 Å². The highest BCUT2D eigenvalue weighted by Gasteiger charge is 2.41. The van der Waals surface area contributed by atoms with E-state index in [2.05, 4.69) is 34.6 Å². The van der Waals surface area contributed by atoms with Gasteiger partial charge >= 0.3 is 5.97 Å². The van der Waals surface area contributed by atoms with Gasteiger partial charge in [0, 0.05) is 13.0 Å². The molecule has 1 heterocycles. The fourth-order valence-electron chi connectivity index (χ4n) is 4.71. The van der Waals surface area contributed by atoms with E-state index in [0.29, 0.717) is 0 Å². The molecule has 2 atom stereocenters. The second kappa shape index (κ2) is 6.95. The van der Waals surface area contributed by atoms with E-state index in [9.17, 15) is 9.90 Å². The predicted molar refractivity (Wildman–Crippen MR) is 111 cm³/mol. The van der Waals surface area contributed by atoms with Crippen molar-refractivity contribution in [3.05, 3.63) is 58.1 Å². The number of aliphatic hydroxyl groups excluding tert-OH is 1. The van der Waals surface area contributed by atoms with Crippen molar-refractivity contribution in [2.24, 2.45) is 12.5 Å². The third-order valence-corrected chi connectivity index (χ3v) is 6.37. The number of rotatable bonds is 4. The molecule has 1 N–H and O–H groups in total. The Labute approximate surface area is 170 Å². The summed E-state index contributed by atoms with van der Waals surface area (Å²) in [5.41, 5.74) is 6.11. The first kappa shape index (κ1) is 19.6. The molecule has 0 amide bonds. The van der Waals surface area contributed by atoms with Gasteiger partial charge in [0.1, 0.15) is 5.52 Å². The number of nitrogens with zero attached hydrogens (tertiary/aromatic N) is 3. The summed E-state index contributed by atoms with van der Waals surface area (Å²) in [5, 5.41) is 18.9. The third kappa shape index (κ3) is 3.02. The lowest BCUT2D eigenvalue weighted by Gasteiger charge is -2.34. The molecule has 1 aliphatic rings. The maximum absolute atomic E-state index is 12.8. The van der Waals surface area contributed by atoms with Crippen LogP contribution in [0.3, 0.4) is 0 Å². The van der Waals surface area contributed by atoms with Crippen LogP contribution < -0.4 is 0 Å². The van der Waals surface area contributed by atoms with Crippen LogP contribution >= 0.6 is 0 Å². The molecule has 0 spiro atoms. The van der Waals surface area contributed by atoms with Gasteiger partial charge < -0.3 is 9.84 Å². The molecular weight excluding hydrogens is 366 g/mol. The number of esters is 1. The van der Waals surface area contributed by atoms with Crippen LogP contribution in [0.25, 0.3) is 11.0 Å². The lowest BCUT2D eigenvalue weighted by molar-refractivity contribution is -0.151. The monoisotopic (exact) mass is 393 g/mol. The van der Waals surface area contributed by atoms with Gasteiger partial charge in [-0.3, -0.25) is 4.79 Å². The molecule has 0 aliphatic heterocycles. The van der Waals surface area contributed by atoms with Gasteiger partial charge in [0.2, 0.25) is 0 Å². The Morgan fingerprint density at radius 3 is 2.79 bits per heavy atom. The van der Waals surface area contributed by atoms with Gasteiger partial charge in [-0.2, -0.15) is 0 Å². The van der Waals surface area contributed by atoms with Gasteiger partial charge in [0.25, 0.3) is 0 Å². The van der Waals surface area contributed by atoms with E-state index in [-0.39, 0.29) is 11.9 Å². The Hall–Kier alpha value is -2.73. The lowest BCUT2D eigenvalue weighted by atomic mass is 9.69. The number of methoxy groups -OCH3 is 1. The summed E-state index contributed by atoms with van der Waals surface area (Å²) in [6, 6.07) is 10.3. The molecular formula is C23H27N3O3. The van der Waals surface area contributed by atoms with Gasteiger partial charge in [-0.25, -0.2) is 4.68 Å². The molecule has 0 fully saturated rings. The molecule has 29 heavy (non-hydrogen) atoms. The number of carbonyl (C=O) groups is 1. The van der Waals surface area contributed by atoms with E-state index in [4.69, 9.17) is 4.74 Å². The minimum atomic E-state index is -0.812. The number of benzene rings is 2. The molecule has 1 unspecified atom stereocenters. The summed E-state index contributed by atoms with van der Waals surface area (Å²) >= 11 is 0. The molecule has 0 saturated carbocycles. The fourth-order valence-corrected chi connectivity index (χ4v) is 4.71. The van der Waals surface area contributed by atoms with Crippen molar-refractivity contribution < 1.29 is 14.6 Å². The summed E-state index contributed by atoms with van der Waals surface area (Å²) in [4.78, 5) is 12.8. The zero-order valence-corrected chi connectivity index (χ0v) is 17.6. The molecule has 6 heteroatoms. The molecule has 2 aromatic carbocycles. The standard InChI is InChI=1S/C23H27N3O3/c1-13-16(9-10-18-21(13)24-25-26(18)4)20(23(2,3)22(28)29-5)15-7-6-14-8-11-19(27)17(14)12-15/h6-7,9-10,12,19-20,27H,8,11H2,1-5H3/t19?,20-/m0/s1. The summed E-state index contributed by atoms with van der Waals surface area (Å²) in [7, 11) is 3.29. The maximum Gasteiger partial charge on any atom is 0.312 e. The third-order valence-electron chi connectivity index (χ3n) is 6.37. The molecule has 0 saturated heterocycles. The van der Waals surface area contributed by atoms with Crippen LogP contribution in [0.5, 0.6) is 0 Å². The molecule has 0 radical (unpaired) electrons. The molecule has 152 valence electrons. The number of hydrogen-bond donors (Lipinski definition) is 1. The predicted octanol–water partition coefficient (Wildman–Crippen LogP) is 3.59. The number of carbonyl (C=O) groups excluding carboxylic acids is 1. The van der Waals surface area contributed by atoms with E-state index in [0.717, 1.165) is 46.1 Å². The highest BCUT2D eigenvalue weighted by molar-refractivity contribution is 5.82. The van der Waals surface area contributed by atoms with Crippen molar-refractivity contribution in [2.45, 2.75) is 45.6 Å². The molecule has 6 nitrogen and oxygen atoms in total. The number of fused-ring (bicyclic) bond motifs is 2. The van der Waals surface area contributed by atoms with E-state index in [1.165, 1.54) is 12.7 Å². The minimum Gasteiger partial charge on any atom is -0.469 e. The number of aliphatic hydroxyl groups is 1. The number of aromatic nitrogens is 3. The largest absolute Gasteiger partial charge is 0.469 e. The Balaban J connectivity index is 1.94. The molecule has 1 aromatic heterocycles. The van der Waals surface area contributed by atoms with Gasteiger partial charge in [-0.1, -0.05) is 29.5 Å². The summed E-state index contributed by atoms with van der Waals surface area (Å²) < 4.78 is 6.91. The first-order valence-electron chi connectivity index (χ1n) is 9.93. The van der Waals surface area contributed by atoms with Crippen LogP contribution in [0.4, 0.5) is 0 Å². The Morgan fingerprint density at radius 2 is 2.07 bits per heavy atom. The molecule has 3 aromatic rings. The highest BCUT2D eigenvalue weighted by Crippen LogP contribution is 2.45. The zero-order valence-electron chi connectivity index (χ0n) is 17.6. The van der Waals surface area contributed by atoms with Crippen LogP contribution in [0.15, 0.2) is 30.3 Å².